The summed E-state index contributed by atoms with van der Waals surface area (Å²) < 4.78 is 7.44. The molecule has 0 spiro atoms. The minimum absolute atomic E-state index is 0.187. The molecular weight excluding hydrogens is 314 g/mol. The largest absolute Gasteiger partial charge is 0.491 e. The van der Waals surface area contributed by atoms with Crippen LogP contribution in [0, 0.1) is 0 Å². The van der Waals surface area contributed by atoms with Gasteiger partial charge in [0.25, 0.3) is 0 Å². The van der Waals surface area contributed by atoms with Crippen LogP contribution in [0.3, 0.4) is 0 Å². The molecule has 0 fully saturated rings. The highest BCUT2D eigenvalue weighted by molar-refractivity contribution is 6.30. The Morgan fingerprint density at radius 2 is 2.00 bits per heavy atom. The molecule has 6 heteroatoms. The van der Waals surface area contributed by atoms with E-state index < -0.39 is 6.10 Å². The van der Waals surface area contributed by atoms with E-state index in [0.717, 1.165) is 11.4 Å². The van der Waals surface area contributed by atoms with Gasteiger partial charge in [-0.3, -0.25) is 4.98 Å². The normalized spacial score (nSPS) is 12.1. The smallest absolute Gasteiger partial charge is 0.141 e. The van der Waals surface area contributed by atoms with Crippen LogP contribution < -0.4 is 4.74 Å². The fraction of sp³-hybridized carbons (Fsp3) is 0.176. The van der Waals surface area contributed by atoms with Crippen LogP contribution in [-0.2, 0) is 6.54 Å². The number of nitrogens with zero attached hydrogens (tertiary/aromatic N) is 3. The number of ether oxygens (including phenoxy) is 1. The van der Waals surface area contributed by atoms with Crippen LogP contribution in [0.5, 0.6) is 5.75 Å². The molecule has 1 unspecified atom stereocenters. The molecule has 0 saturated carbocycles. The first-order valence-corrected chi connectivity index (χ1v) is 7.58. The van der Waals surface area contributed by atoms with Crippen molar-refractivity contribution >= 4 is 11.6 Å². The van der Waals surface area contributed by atoms with Crippen molar-refractivity contribution in [2.24, 2.45) is 0 Å². The van der Waals surface area contributed by atoms with Crippen molar-refractivity contribution in [1.29, 1.82) is 0 Å². The van der Waals surface area contributed by atoms with E-state index in [1.54, 1.807) is 42.9 Å². The second kappa shape index (κ2) is 7.26. The number of aliphatic hydroxyl groups excluding tert-OH is 1. The van der Waals surface area contributed by atoms with Gasteiger partial charge in [0.2, 0.25) is 0 Å². The maximum atomic E-state index is 10.2. The second-order valence-electron chi connectivity index (χ2n) is 5.06. The Morgan fingerprint density at radius 3 is 2.74 bits per heavy atom. The monoisotopic (exact) mass is 329 g/mol. The molecule has 0 aliphatic heterocycles. The van der Waals surface area contributed by atoms with E-state index in [2.05, 4.69) is 9.97 Å². The molecule has 3 rings (SSSR count). The van der Waals surface area contributed by atoms with Crippen molar-refractivity contribution < 1.29 is 9.84 Å². The Kier molecular flexibility index (Phi) is 4.90. The van der Waals surface area contributed by atoms with Crippen LogP contribution in [0.25, 0.3) is 11.4 Å². The molecular formula is C17H16ClN3O2. The third kappa shape index (κ3) is 4.09. The highest BCUT2D eigenvalue weighted by Gasteiger charge is 2.11. The van der Waals surface area contributed by atoms with Crippen molar-refractivity contribution in [2.45, 2.75) is 12.6 Å². The van der Waals surface area contributed by atoms with E-state index in [1.165, 1.54) is 0 Å². The van der Waals surface area contributed by atoms with Crippen LogP contribution in [0.15, 0.2) is 61.2 Å². The zero-order valence-corrected chi connectivity index (χ0v) is 13.1. The summed E-state index contributed by atoms with van der Waals surface area (Å²) in [5.41, 5.74) is 0.906. The molecule has 0 amide bonds. The number of hydrogen-bond acceptors (Lipinski definition) is 4. The summed E-state index contributed by atoms with van der Waals surface area (Å²) >= 11 is 5.82. The molecule has 0 aliphatic rings. The molecule has 118 valence electrons. The van der Waals surface area contributed by atoms with Gasteiger partial charge in [0.05, 0.1) is 6.54 Å². The quantitative estimate of drug-likeness (QED) is 0.755. The molecule has 0 aliphatic carbocycles. The van der Waals surface area contributed by atoms with Crippen LogP contribution >= 0.6 is 11.6 Å². The molecule has 2 heterocycles. The number of hydrogen-bond donors (Lipinski definition) is 1. The maximum Gasteiger partial charge on any atom is 0.141 e. The Balaban J connectivity index is 1.61. The third-order valence-electron chi connectivity index (χ3n) is 3.30. The Morgan fingerprint density at radius 1 is 1.17 bits per heavy atom. The van der Waals surface area contributed by atoms with E-state index >= 15 is 0 Å². The third-order valence-corrected chi connectivity index (χ3v) is 3.55. The van der Waals surface area contributed by atoms with E-state index in [-0.39, 0.29) is 6.61 Å². The standard InChI is InChI=1S/C17H16ClN3O2/c18-14-3-5-16(6-4-14)23-12-15(22)11-21-9-8-20-17(21)13-2-1-7-19-10-13/h1-10,15,22H,11-12H2. The molecule has 23 heavy (non-hydrogen) atoms. The Hall–Kier alpha value is -2.37. The average molecular weight is 330 g/mol. The van der Waals surface area contributed by atoms with Crippen molar-refractivity contribution in [3.8, 4) is 17.1 Å². The van der Waals surface area contributed by atoms with Crippen LogP contribution in [0.4, 0.5) is 0 Å². The molecule has 0 saturated heterocycles. The lowest BCUT2D eigenvalue weighted by Gasteiger charge is -2.14. The molecule has 0 radical (unpaired) electrons. The summed E-state index contributed by atoms with van der Waals surface area (Å²) in [6.45, 7) is 0.574. The minimum atomic E-state index is -0.657. The Labute approximate surface area is 139 Å². The number of halogens is 1. The van der Waals surface area contributed by atoms with Crippen molar-refractivity contribution in [3.63, 3.8) is 0 Å². The summed E-state index contributed by atoms with van der Waals surface area (Å²) in [7, 11) is 0. The van der Waals surface area contributed by atoms with Gasteiger partial charge in [0.15, 0.2) is 0 Å². The van der Waals surface area contributed by atoms with Crippen LogP contribution in [0.2, 0.25) is 5.02 Å². The van der Waals surface area contributed by atoms with E-state index in [1.807, 2.05) is 22.9 Å². The SMILES string of the molecule is OC(COc1ccc(Cl)cc1)Cn1ccnc1-c1cccnc1. The molecule has 2 aromatic heterocycles. The number of pyridine rings is 1. The van der Waals surface area contributed by atoms with Crippen LogP contribution in [-0.4, -0.2) is 32.4 Å². The average Bonchev–Trinajstić information content (AvgIpc) is 3.03. The highest BCUT2D eigenvalue weighted by Crippen LogP contribution is 2.17. The first kappa shape index (κ1) is 15.5. The van der Waals surface area contributed by atoms with Crippen molar-refractivity contribution in [1.82, 2.24) is 14.5 Å². The van der Waals surface area contributed by atoms with Gasteiger partial charge >= 0.3 is 0 Å². The lowest BCUT2D eigenvalue weighted by Crippen LogP contribution is -2.23. The van der Waals surface area contributed by atoms with Gasteiger partial charge in [-0.05, 0) is 36.4 Å². The van der Waals surface area contributed by atoms with Gasteiger partial charge in [-0.15, -0.1) is 0 Å². The van der Waals surface area contributed by atoms with E-state index in [9.17, 15) is 5.11 Å². The van der Waals surface area contributed by atoms with Gasteiger partial charge < -0.3 is 14.4 Å². The zero-order valence-electron chi connectivity index (χ0n) is 12.3. The fourth-order valence-corrected chi connectivity index (χ4v) is 2.34. The number of benzene rings is 1. The summed E-state index contributed by atoms with van der Waals surface area (Å²) in [5, 5.41) is 10.8. The minimum Gasteiger partial charge on any atom is -0.491 e. The van der Waals surface area contributed by atoms with Crippen molar-refractivity contribution in [3.05, 3.63) is 66.2 Å². The van der Waals surface area contributed by atoms with Gasteiger partial charge in [-0.25, -0.2) is 4.98 Å². The molecule has 5 nitrogen and oxygen atoms in total. The van der Waals surface area contributed by atoms with Gasteiger partial charge in [-0.1, -0.05) is 11.6 Å². The fourth-order valence-electron chi connectivity index (χ4n) is 2.21. The number of imidazole rings is 1. The number of rotatable bonds is 6. The summed E-state index contributed by atoms with van der Waals surface area (Å²) in [6.07, 6.45) is 6.33. The summed E-state index contributed by atoms with van der Waals surface area (Å²) in [6, 6.07) is 10.8. The zero-order chi connectivity index (χ0) is 16.1. The predicted octanol–water partition coefficient (Wildman–Crippen LogP) is 3.04. The first-order valence-electron chi connectivity index (χ1n) is 7.20. The predicted molar refractivity (Wildman–Crippen MR) is 88.4 cm³/mol. The number of aliphatic hydroxyl groups is 1. The van der Waals surface area contributed by atoms with Gasteiger partial charge in [-0.2, -0.15) is 0 Å². The van der Waals surface area contributed by atoms with E-state index in [0.29, 0.717) is 17.3 Å². The van der Waals surface area contributed by atoms with Crippen molar-refractivity contribution in [2.75, 3.05) is 6.61 Å². The molecule has 1 atom stereocenters. The molecule has 0 bridgehead atoms. The second-order valence-corrected chi connectivity index (χ2v) is 5.50. The topological polar surface area (TPSA) is 60.2 Å². The Bertz CT molecular complexity index is 744. The van der Waals surface area contributed by atoms with Crippen LogP contribution in [0.1, 0.15) is 0 Å². The molecule has 3 aromatic rings. The first-order chi connectivity index (χ1) is 11.2. The highest BCUT2D eigenvalue weighted by atomic mass is 35.5. The summed E-state index contributed by atoms with van der Waals surface area (Å²) in [5.74, 6) is 1.44. The summed E-state index contributed by atoms with van der Waals surface area (Å²) in [4.78, 5) is 8.42. The van der Waals surface area contributed by atoms with Gasteiger partial charge in [0, 0.05) is 35.4 Å². The van der Waals surface area contributed by atoms with E-state index in [4.69, 9.17) is 16.3 Å². The lowest BCUT2D eigenvalue weighted by molar-refractivity contribution is 0.0929. The maximum absolute atomic E-state index is 10.2. The molecule has 1 N–H and O–H groups in total. The number of aromatic nitrogens is 3. The van der Waals surface area contributed by atoms with Gasteiger partial charge in [0.1, 0.15) is 24.3 Å². The molecule has 1 aromatic carbocycles. The lowest BCUT2D eigenvalue weighted by atomic mass is 10.2.